The molecule has 0 saturated heterocycles. The highest BCUT2D eigenvalue weighted by atomic mass is 127. The second-order valence-corrected chi connectivity index (χ2v) is 6.80. The van der Waals surface area contributed by atoms with E-state index in [0.717, 1.165) is 6.42 Å². The van der Waals surface area contributed by atoms with Crippen molar-refractivity contribution in [1.29, 1.82) is 0 Å². The summed E-state index contributed by atoms with van der Waals surface area (Å²) in [5.74, 6) is -0.209. The monoisotopic (exact) mass is 499 g/mol. The van der Waals surface area contributed by atoms with Crippen molar-refractivity contribution in [2.45, 2.75) is 13.3 Å². The minimum Gasteiger partial charge on any atom is -0.493 e. The van der Waals surface area contributed by atoms with Gasteiger partial charge in [0.15, 0.2) is 23.9 Å². The fraction of sp³-hybridized carbons (Fsp3) is 0.263. The Kier molecular flexibility index (Phi) is 7.73. The van der Waals surface area contributed by atoms with E-state index in [4.69, 9.17) is 14.2 Å². The number of ether oxygens (including phenoxy) is 3. The first-order valence-electron chi connectivity index (χ1n) is 8.32. The fourth-order valence-corrected chi connectivity index (χ4v) is 3.01. The molecule has 0 radical (unpaired) electrons. The van der Waals surface area contributed by atoms with Gasteiger partial charge in [-0.3, -0.25) is 14.9 Å². The Labute approximate surface area is 175 Å². The molecule has 0 spiro atoms. The van der Waals surface area contributed by atoms with Crippen LogP contribution in [0.25, 0.3) is 0 Å². The number of ketones is 1. The van der Waals surface area contributed by atoms with E-state index in [1.165, 1.54) is 37.4 Å². The van der Waals surface area contributed by atoms with Crippen LogP contribution in [0.15, 0.2) is 36.4 Å². The second-order valence-electron chi connectivity index (χ2n) is 5.64. The molecule has 2 aromatic rings. The molecule has 0 saturated carbocycles. The molecule has 8 nitrogen and oxygen atoms in total. The number of nitrogens with zero attached hydrogens (tertiary/aromatic N) is 1. The van der Waals surface area contributed by atoms with Crippen LogP contribution in [-0.2, 0) is 4.74 Å². The van der Waals surface area contributed by atoms with Crippen molar-refractivity contribution in [2.24, 2.45) is 0 Å². The van der Waals surface area contributed by atoms with Crippen molar-refractivity contribution < 1.29 is 28.7 Å². The zero-order valence-corrected chi connectivity index (χ0v) is 17.4. The lowest BCUT2D eigenvalue weighted by atomic mass is 10.1. The third-order valence-electron chi connectivity index (χ3n) is 3.65. The molecule has 0 aromatic heterocycles. The minimum absolute atomic E-state index is 0.124. The van der Waals surface area contributed by atoms with Gasteiger partial charge in [0.1, 0.15) is 0 Å². The van der Waals surface area contributed by atoms with Crippen LogP contribution in [0.4, 0.5) is 5.69 Å². The second kappa shape index (κ2) is 10.0. The molecule has 2 aromatic carbocycles. The number of Topliss-reactive ketones (excluding diaryl/α,β-unsaturated/α-hetero) is 1. The molecule has 28 heavy (non-hydrogen) atoms. The molecule has 0 bridgehead atoms. The molecule has 0 aliphatic heterocycles. The van der Waals surface area contributed by atoms with Gasteiger partial charge >= 0.3 is 5.97 Å². The molecule has 0 unspecified atom stereocenters. The highest BCUT2D eigenvalue weighted by Crippen LogP contribution is 2.34. The van der Waals surface area contributed by atoms with Crippen LogP contribution >= 0.6 is 22.6 Å². The first-order valence-corrected chi connectivity index (χ1v) is 9.40. The number of nitro benzene ring substituents is 1. The van der Waals surface area contributed by atoms with Gasteiger partial charge in [0, 0.05) is 17.7 Å². The molecule has 2 rings (SSSR count). The number of carbonyl (C=O) groups excluding carboxylic acids is 2. The predicted molar refractivity (Wildman–Crippen MR) is 109 cm³/mol. The van der Waals surface area contributed by atoms with Gasteiger partial charge in [-0.05, 0) is 53.3 Å². The van der Waals surface area contributed by atoms with Gasteiger partial charge in [0.25, 0.3) is 5.69 Å². The summed E-state index contributed by atoms with van der Waals surface area (Å²) < 4.78 is 16.7. The zero-order chi connectivity index (χ0) is 20.7. The molecule has 0 aliphatic rings. The van der Waals surface area contributed by atoms with Gasteiger partial charge in [-0.25, -0.2) is 4.79 Å². The number of nitro groups is 1. The molecular formula is C19H18INO7. The summed E-state index contributed by atoms with van der Waals surface area (Å²) in [7, 11) is 1.47. The molecule has 0 fully saturated rings. The van der Waals surface area contributed by atoms with Gasteiger partial charge in [-0.15, -0.1) is 0 Å². The third kappa shape index (κ3) is 5.41. The largest absolute Gasteiger partial charge is 0.493 e. The molecular weight excluding hydrogens is 481 g/mol. The van der Waals surface area contributed by atoms with Crippen molar-refractivity contribution >= 4 is 40.0 Å². The van der Waals surface area contributed by atoms with Crippen LogP contribution in [0.3, 0.4) is 0 Å². The highest BCUT2D eigenvalue weighted by molar-refractivity contribution is 14.1. The minimum atomic E-state index is -0.687. The molecule has 0 atom stereocenters. The number of rotatable bonds is 9. The van der Waals surface area contributed by atoms with Crippen molar-refractivity contribution in [3.8, 4) is 11.5 Å². The van der Waals surface area contributed by atoms with E-state index in [1.54, 1.807) is 6.07 Å². The van der Waals surface area contributed by atoms with E-state index in [1.807, 2.05) is 29.5 Å². The summed E-state index contributed by atoms with van der Waals surface area (Å²) in [6.07, 6.45) is 0.827. The molecule has 0 aliphatic carbocycles. The smallest absolute Gasteiger partial charge is 0.338 e. The Morgan fingerprint density at radius 2 is 1.82 bits per heavy atom. The third-order valence-corrected chi connectivity index (χ3v) is 4.45. The van der Waals surface area contributed by atoms with E-state index in [2.05, 4.69) is 0 Å². The molecule has 0 N–H and O–H groups in total. The molecule has 0 heterocycles. The summed E-state index contributed by atoms with van der Waals surface area (Å²) in [6.45, 7) is 2.01. The van der Waals surface area contributed by atoms with E-state index in [0.29, 0.717) is 21.7 Å². The number of hydrogen-bond donors (Lipinski definition) is 0. The standard InChI is InChI=1S/C19H18INO7/c1-3-8-27-18-15(20)9-13(10-17(18)26-2)19(23)28-11-16(22)12-4-6-14(7-5-12)21(24)25/h4-7,9-10H,3,8,11H2,1-2H3. The lowest BCUT2D eigenvalue weighted by Gasteiger charge is -2.13. The van der Waals surface area contributed by atoms with Crippen LogP contribution in [-0.4, -0.2) is 37.0 Å². The maximum absolute atomic E-state index is 12.3. The highest BCUT2D eigenvalue weighted by Gasteiger charge is 2.18. The van der Waals surface area contributed by atoms with Gasteiger partial charge in [-0.2, -0.15) is 0 Å². The average molecular weight is 499 g/mol. The summed E-state index contributed by atoms with van der Waals surface area (Å²) in [4.78, 5) is 34.5. The maximum atomic E-state index is 12.3. The number of non-ortho nitro benzene ring substituents is 1. The number of esters is 1. The Hall–Kier alpha value is -2.69. The van der Waals surface area contributed by atoms with E-state index in [-0.39, 0.29) is 16.8 Å². The van der Waals surface area contributed by atoms with Crippen molar-refractivity contribution in [3.63, 3.8) is 0 Å². The topological polar surface area (TPSA) is 105 Å². The Morgan fingerprint density at radius 3 is 2.39 bits per heavy atom. The van der Waals surface area contributed by atoms with Gasteiger partial charge in [0.2, 0.25) is 0 Å². The fourth-order valence-electron chi connectivity index (χ4n) is 2.25. The average Bonchev–Trinajstić information content (AvgIpc) is 2.70. The van der Waals surface area contributed by atoms with Gasteiger partial charge in [-0.1, -0.05) is 6.92 Å². The normalized spacial score (nSPS) is 10.2. The quantitative estimate of drug-likeness (QED) is 0.169. The van der Waals surface area contributed by atoms with Crippen LogP contribution in [0.1, 0.15) is 34.1 Å². The summed E-state index contributed by atoms with van der Waals surface area (Å²) in [5, 5.41) is 10.6. The number of hydrogen-bond acceptors (Lipinski definition) is 7. The van der Waals surface area contributed by atoms with Crippen LogP contribution in [0.2, 0.25) is 0 Å². The Balaban J connectivity index is 2.07. The maximum Gasteiger partial charge on any atom is 0.338 e. The van der Waals surface area contributed by atoms with Crippen molar-refractivity contribution in [2.75, 3.05) is 20.3 Å². The van der Waals surface area contributed by atoms with Crippen molar-refractivity contribution in [1.82, 2.24) is 0 Å². The number of benzene rings is 2. The Bertz CT molecular complexity index is 881. The first-order chi connectivity index (χ1) is 13.4. The van der Waals surface area contributed by atoms with E-state index >= 15 is 0 Å². The van der Waals surface area contributed by atoms with Crippen LogP contribution < -0.4 is 9.47 Å². The lowest BCUT2D eigenvalue weighted by molar-refractivity contribution is -0.384. The number of methoxy groups -OCH3 is 1. The summed E-state index contributed by atoms with van der Waals surface area (Å²) >= 11 is 2.03. The number of carbonyl (C=O) groups is 2. The molecule has 148 valence electrons. The number of halogens is 1. The van der Waals surface area contributed by atoms with E-state index in [9.17, 15) is 19.7 Å². The van der Waals surface area contributed by atoms with E-state index < -0.39 is 23.3 Å². The van der Waals surface area contributed by atoms with Crippen LogP contribution in [0.5, 0.6) is 11.5 Å². The van der Waals surface area contributed by atoms with Gasteiger partial charge in [0.05, 0.1) is 27.8 Å². The molecule has 9 heteroatoms. The van der Waals surface area contributed by atoms with Gasteiger partial charge < -0.3 is 14.2 Å². The predicted octanol–water partition coefficient (Wildman–Crippen LogP) is 4.04. The lowest BCUT2D eigenvalue weighted by Crippen LogP contribution is -2.15. The first kappa shape index (κ1) is 21.6. The summed E-state index contributed by atoms with van der Waals surface area (Å²) in [6, 6.07) is 8.16. The van der Waals surface area contributed by atoms with Crippen molar-refractivity contribution in [3.05, 3.63) is 61.2 Å². The Morgan fingerprint density at radius 1 is 1.14 bits per heavy atom. The SMILES string of the molecule is CCCOc1c(I)cc(C(=O)OCC(=O)c2ccc([N+](=O)[O-])cc2)cc1OC. The summed E-state index contributed by atoms with van der Waals surface area (Å²) in [5.41, 5.74) is 0.316. The van der Waals surface area contributed by atoms with Crippen LogP contribution in [0, 0.1) is 13.7 Å². The molecule has 0 amide bonds. The zero-order valence-electron chi connectivity index (χ0n) is 15.3.